The molecule has 0 aromatic rings. The third kappa shape index (κ3) is 3.17. The van der Waals surface area contributed by atoms with E-state index in [9.17, 15) is 14.4 Å². The van der Waals surface area contributed by atoms with E-state index in [-0.39, 0.29) is 13.0 Å². The first-order valence-electron chi connectivity index (χ1n) is 5.61. The predicted octanol–water partition coefficient (Wildman–Crippen LogP) is -2.41. The average molecular weight is 258 g/mol. The Bertz CT molecular complexity index is 373. The van der Waals surface area contributed by atoms with Crippen molar-refractivity contribution in [3.05, 3.63) is 0 Å². The van der Waals surface area contributed by atoms with Crippen LogP contribution < -0.4 is 17.2 Å². The van der Waals surface area contributed by atoms with Gasteiger partial charge in [-0.15, -0.1) is 0 Å². The predicted molar refractivity (Wildman–Crippen MR) is 62.2 cm³/mol. The van der Waals surface area contributed by atoms with Gasteiger partial charge in [0.2, 0.25) is 11.8 Å². The monoisotopic (exact) mass is 258 g/mol. The Morgan fingerprint density at radius 3 is 2.50 bits per heavy atom. The Hall–Kier alpha value is -1.67. The second-order valence-corrected chi connectivity index (χ2v) is 4.60. The molecule has 7 N–H and O–H groups in total. The number of rotatable bonds is 4. The fraction of sp³-hybridized carbons (Fsp3) is 0.700. The number of carboxylic acids is 1. The van der Waals surface area contributed by atoms with Crippen molar-refractivity contribution in [1.82, 2.24) is 4.90 Å². The summed E-state index contributed by atoms with van der Waals surface area (Å²) in [7, 11) is 0. The fourth-order valence-corrected chi connectivity index (χ4v) is 1.99. The zero-order chi connectivity index (χ0) is 13.9. The van der Waals surface area contributed by atoms with Gasteiger partial charge in [0.1, 0.15) is 5.54 Å². The summed E-state index contributed by atoms with van der Waals surface area (Å²) < 4.78 is 0. The maximum absolute atomic E-state index is 11.9. The van der Waals surface area contributed by atoms with E-state index in [1.807, 2.05) is 0 Å². The van der Waals surface area contributed by atoms with Crippen LogP contribution in [0.15, 0.2) is 0 Å². The normalized spacial score (nSPS) is 25.6. The highest BCUT2D eigenvalue weighted by Gasteiger charge is 2.41. The molecule has 0 saturated carbocycles. The van der Waals surface area contributed by atoms with Crippen LogP contribution in [0.2, 0.25) is 0 Å². The molecule has 1 aliphatic rings. The molecule has 0 radical (unpaired) electrons. The minimum absolute atomic E-state index is 0.104. The SMILES string of the molecule is NC(=O)C[C@H](N)C(=O)N1CCC[C@](N)(C(=O)O)C1. The van der Waals surface area contributed by atoms with Crippen LogP contribution in [0, 0.1) is 0 Å². The number of nitrogens with zero attached hydrogens (tertiary/aromatic N) is 1. The topological polar surface area (TPSA) is 153 Å². The molecule has 1 heterocycles. The van der Waals surface area contributed by atoms with Gasteiger partial charge in [0.05, 0.1) is 12.5 Å². The summed E-state index contributed by atoms with van der Waals surface area (Å²) >= 11 is 0. The number of carbonyl (C=O) groups excluding carboxylic acids is 2. The number of primary amides is 1. The van der Waals surface area contributed by atoms with Crippen LogP contribution in [-0.4, -0.2) is 52.5 Å². The Balaban J connectivity index is 2.69. The van der Waals surface area contributed by atoms with Crippen molar-refractivity contribution in [2.75, 3.05) is 13.1 Å². The quantitative estimate of drug-likeness (QED) is 0.440. The highest BCUT2D eigenvalue weighted by molar-refractivity contribution is 5.88. The van der Waals surface area contributed by atoms with Crippen LogP contribution in [0.25, 0.3) is 0 Å². The summed E-state index contributed by atoms with van der Waals surface area (Å²) in [6.07, 6.45) is 0.523. The largest absolute Gasteiger partial charge is 0.480 e. The van der Waals surface area contributed by atoms with Crippen molar-refractivity contribution >= 4 is 17.8 Å². The standard InChI is InChI=1S/C10H18N4O4/c11-6(4-7(12)15)8(16)14-3-1-2-10(13,5-14)9(17)18/h6H,1-5,11,13H2,(H2,12,15)(H,17,18)/t6-,10+/m0/s1. The molecule has 1 fully saturated rings. The van der Waals surface area contributed by atoms with Crippen molar-refractivity contribution in [2.45, 2.75) is 30.8 Å². The summed E-state index contributed by atoms with van der Waals surface area (Å²) in [6.45, 7) is 0.283. The third-order valence-electron chi connectivity index (χ3n) is 3.00. The molecular formula is C10H18N4O4. The molecule has 1 rings (SSSR count). The molecule has 0 unspecified atom stereocenters. The molecule has 18 heavy (non-hydrogen) atoms. The van der Waals surface area contributed by atoms with Gasteiger partial charge in [0.25, 0.3) is 0 Å². The first-order chi connectivity index (χ1) is 8.26. The molecule has 0 aromatic carbocycles. The number of likely N-dealkylation sites (tertiary alicyclic amines) is 1. The molecule has 0 aromatic heterocycles. The smallest absolute Gasteiger partial charge is 0.325 e. The first kappa shape index (κ1) is 14.4. The lowest BCUT2D eigenvalue weighted by Crippen LogP contribution is -2.62. The molecule has 2 atom stereocenters. The lowest BCUT2D eigenvalue weighted by atomic mass is 9.90. The van der Waals surface area contributed by atoms with Crippen molar-refractivity contribution in [3.63, 3.8) is 0 Å². The van der Waals surface area contributed by atoms with E-state index in [2.05, 4.69) is 0 Å². The van der Waals surface area contributed by atoms with Gasteiger partial charge in [-0.1, -0.05) is 0 Å². The zero-order valence-electron chi connectivity index (χ0n) is 9.96. The van der Waals surface area contributed by atoms with Gasteiger partial charge >= 0.3 is 5.97 Å². The van der Waals surface area contributed by atoms with E-state index in [1.54, 1.807) is 0 Å². The number of nitrogens with two attached hydrogens (primary N) is 3. The number of piperidine rings is 1. The molecule has 1 aliphatic heterocycles. The van der Waals surface area contributed by atoms with Crippen LogP contribution in [0.1, 0.15) is 19.3 Å². The Labute approximate surface area is 104 Å². The number of hydrogen-bond acceptors (Lipinski definition) is 5. The second-order valence-electron chi connectivity index (χ2n) is 4.60. The molecule has 2 amide bonds. The Morgan fingerprint density at radius 2 is 2.00 bits per heavy atom. The van der Waals surface area contributed by atoms with E-state index in [0.717, 1.165) is 0 Å². The van der Waals surface area contributed by atoms with Crippen LogP contribution in [-0.2, 0) is 14.4 Å². The first-order valence-corrected chi connectivity index (χ1v) is 5.61. The molecule has 8 heteroatoms. The van der Waals surface area contributed by atoms with Crippen molar-refractivity contribution in [2.24, 2.45) is 17.2 Å². The molecule has 8 nitrogen and oxygen atoms in total. The third-order valence-corrected chi connectivity index (χ3v) is 3.00. The van der Waals surface area contributed by atoms with Crippen molar-refractivity contribution in [3.8, 4) is 0 Å². The van der Waals surface area contributed by atoms with Gasteiger partial charge in [-0.25, -0.2) is 0 Å². The van der Waals surface area contributed by atoms with E-state index in [0.29, 0.717) is 19.4 Å². The van der Waals surface area contributed by atoms with Gasteiger partial charge in [-0.3, -0.25) is 14.4 Å². The fourth-order valence-electron chi connectivity index (χ4n) is 1.99. The summed E-state index contributed by atoms with van der Waals surface area (Å²) in [5.74, 6) is -2.32. The average Bonchev–Trinajstić information content (AvgIpc) is 2.27. The maximum Gasteiger partial charge on any atom is 0.325 e. The number of hydrogen-bond donors (Lipinski definition) is 4. The van der Waals surface area contributed by atoms with Gasteiger partial charge in [0.15, 0.2) is 0 Å². The van der Waals surface area contributed by atoms with Gasteiger partial charge < -0.3 is 27.2 Å². The minimum Gasteiger partial charge on any atom is -0.480 e. The van der Waals surface area contributed by atoms with Crippen LogP contribution in [0.5, 0.6) is 0 Å². The van der Waals surface area contributed by atoms with Gasteiger partial charge in [-0.05, 0) is 12.8 Å². The van der Waals surface area contributed by atoms with E-state index >= 15 is 0 Å². The number of amides is 2. The maximum atomic E-state index is 11.9. The van der Waals surface area contributed by atoms with Gasteiger partial charge in [-0.2, -0.15) is 0 Å². The summed E-state index contributed by atoms with van der Waals surface area (Å²) in [5.41, 5.74) is 14.7. The highest BCUT2D eigenvalue weighted by atomic mass is 16.4. The summed E-state index contributed by atoms with van der Waals surface area (Å²) in [5, 5.41) is 9.01. The Morgan fingerprint density at radius 1 is 1.39 bits per heavy atom. The van der Waals surface area contributed by atoms with Crippen LogP contribution in [0.4, 0.5) is 0 Å². The minimum atomic E-state index is -1.44. The number of carboxylic acid groups (broad SMARTS) is 1. The molecule has 0 spiro atoms. The Kier molecular flexibility index (Phi) is 4.25. The highest BCUT2D eigenvalue weighted by Crippen LogP contribution is 2.19. The summed E-state index contributed by atoms with van der Waals surface area (Å²) in [6, 6.07) is -1.04. The zero-order valence-corrected chi connectivity index (χ0v) is 9.96. The lowest BCUT2D eigenvalue weighted by Gasteiger charge is -2.38. The molecule has 1 saturated heterocycles. The molecule has 0 aliphatic carbocycles. The lowest BCUT2D eigenvalue weighted by molar-refractivity contribution is -0.148. The van der Waals surface area contributed by atoms with Crippen molar-refractivity contribution < 1.29 is 19.5 Å². The van der Waals surface area contributed by atoms with Gasteiger partial charge in [0, 0.05) is 13.1 Å². The van der Waals surface area contributed by atoms with Crippen molar-refractivity contribution in [1.29, 1.82) is 0 Å². The molecular weight excluding hydrogens is 240 g/mol. The van der Waals surface area contributed by atoms with E-state index < -0.39 is 29.4 Å². The van der Waals surface area contributed by atoms with E-state index in [4.69, 9.17) is 22.3 Å². The summed E-state index contributed by atoms with van der Waals surface area (Å²) in [4.78, 5) is 34.9. The molecule has 102 valence electrons. The number of aliphatic carboxylic acids is 1. The number of carbonyl (C=O) groups is 3. The van der Waals surface area contributed by atoms with Crippen LogP contribution in [0.3, 0.4) is 0 Å². The second kappa shape index (κ2) is 5.32. The van der Waals surface area contributed by atoms with Crippen LogP contribution >= 0.6 is 0 Å². The van der Waals surface area contributed by atoms with E-state index in [1.165, 1.54) is 4.90 Å². The molecule has 0 bridgehead atoms.